The van der Waals surface area contributed by atoms with Gasteiger partial charge in [-0.05, 0) is 66.0 Å². The van der Waals surface area contributed by atoms with Gasteiger partial charge in [-0.15, -0.1) is 0 Å². The molecule has 122 valence electrons. The van der Waals surface area contributed by atoms with Crippen LogP contribution in [0.15, 0.2) is 6.07 Å². The van der Waals surface area contributed by atoms with Crippen LogP contribution >= 0.6 is 0 Å². The van der Waals surface area contributed by atoms with Crippen LogP contribution in [0, 0.1) is 0 Å². The van der Waals surface area contributed by atoms with Crippen LogP contribution in [0.25, 0.3) is 0 Å². The largest absolute Gasteiger partial charge is 0.346 e. The highest BCUT2D eigenvalue weighted by Gasteiger charge is 2.33. The van der Waals surface area contributed by atoms with E-state index < -0.39 is 0 Å². The lowest BCUT2D eigenvalue weighted by atomic mass is 10.00. The van der Waals surface area contributed by atoms with Gasteiger partial charge in [0.25, 0.3) is 5.91 Å². The van der Waals surface area contributed by atoms with Gasteiger partial charge >= 0.3 is 0 Å². The molecular formula is C17H28N4O. The number of amides is 1. The van der Waals surface area contributed by atoms with Crippen LogP contribution in [0.5, 0.6) is 0 Å². The lowest BCUT2D eigenvalue weighted by Gasteiger charge is -2.30. The number of hydrogen-bond donors (Lipinski definition) is 2. The maximum absolute atomic E-state index is 12.6. The second-order valence-corrected chi connectivity index (χ2v) is 7.78. The minimum absolute atomic E-state index is 0.0366. The van der Waals surface area contributed by atoms with Crippen molar-refractivity contribution in [3.8, 4) is 0 Å². The lowest BCUT2D eigenvalue weighted by molar-refractivity contribution is 0.0913. The molecule has 1 aromatic rings. The minimum atomic E-state index is -0.0872. The van der Waals surface area contributed by atoms with Crippen LogP contribution in [0.1, 0.15) is 75.5 Å². The average molecular weight is 304 g/mol. The molecule has 1 saturated heterocycles. The van der Waals surface area contributed by atoms with E-state index >= 15 is 0 Å². The first-order valence-corrected chi connectivity index (χ1v) is 8.51. The van der Waals surface area contributed by atoms with Crippen LogP contribution in [0.4, 0.5) is 0 Å². The molecule has 1 aromatic heterocycles. The fourth-order valence-electron chi connectivity index (χ4n) is 3.20. The maximum atomic E-state index is 12.6. The minimum Gasteiger partial charge on any atom is -0.346 e. The summed E-state index contributed by atoms with van der Waals surface area (Å²) in [5, 5.41) is 11.2. The van der Waals surface area contributed by atoms with Gasteiger partial charge in [-0.25, -0.2) is 0 Å². The molecule has 2 unspecified atom stereocenters. The Bertz CT molecular complexity index is 553. The summed E-state index contributed by atoms with van der Waals surface area (Å²) < 4.78 is 2.04. The summed E-state index contributed by atoms with van der Waals surface area (Å²) >= 11 is 0. The summed E-state index contributed by atoms with van der Waals surface area (Å²) in [6.45, 7) is 9.59. The quantitative estimate of drug-likeness (QED) is 0.901. The van der Waals surface area contributed by atoms with E-state index in [1.54, 1.807) is 0 Å². The van der Waals surface area contributed by atoms with Gasteiger partial charge in [0.2, 0.25) is 0 Å². The number of aromatic nitrogens is 2. The standard InChI is InChI=1S/C17H28N4O/c1-11-13(6-5-9-18-11)19-16(22)14-10-15(12-7-8-12)21(20-14)17(2,3)4/h10-13,18H,5-9H2,1-4H3,(H,19,22). The molecule has 1 amide bonds. The molecule has 2 aliphatic rings. The Morgan fingerprint density at radius 1 is 1.36 bits per heavy atom. The number of carbonyl (C=O) groups excluding carboxylic acids is 1. The highest BCUT2D eigenvalue weighted by Crippen LogP contribution is 2.41. The molecule has 5 heteroatoms. The topological polar surface area (TPSA) is 58.9 Å². The van der Waals surface area contributed by atoms with Gasteiger partial charge in [-0.1, -0.05) is 0 Å². The summed E-state index contributed by atoms with van der Waals surface area (Å²) in [6, 6.07) is 2.52. The number of hydrogen-bond acceptors (Lipinski definition) is 3. The van der Waals surface area contributed by atoms with Gasteiger partial charge in [0, 0.05) is 23.7 Å². The van der Waals surface area contributed by atoms with E-state index in [0.29, 0.717) is 17.7 Å². The van der Waals surface area contributed by atoms with Crippen LogP contribution in [0.2, 0.25) is 0 Å². The maximum Gasteiger partial charge on any atom is 0.272 e. The van der Waals surface area contributed by atoms with E-state index in [-0.39, 0.29) is 17.5 Å². The summed E-state index contributed by atoms with van der Waals surface area (Å²) in [6.07, 6.45) is 4.58. The predicted molar refractivity (Wildman–Crippen MR) is 87.2 cm³/mol. The second-order valence-electron chi connectivity index (χ2n) is 7.78. The van der Waals surface area contributed by atoms with Crippen molar-refractivity contribution in [3.63, 3.8) is 0 Å². The SMILES string of the molecule is CC1NCCCC1NC(=O)c1cc(C2CC2)n(C(C)(C)C)n1. The van der Waals surface area contributed by atoms with E-state index in [4.69, 9.17) is 0 Å². The van der Waals surface area contributed by atoms with Crippen LogP contribution < -0.4 is 10.6 Å². The number of nitrogens with zero attached hydrogens (tertiary/aromatic N) is 2. The van der Waals surface area contributed by atoms with Gasteiger partial charge in [0.05, 0.1) is 5.54 Å². The molecule has 1 aliphatic heterocycles. The summed E-state index contributed by atoms with van der Waals surface area (Å²) in [4.78, 5) is 12.6. The number of carbonyl (C=O) groups is 1. The smallest absolute Gasteiger partial charge is 0.272 e. The zero-order valence-corrected chi connectivity index (χ0v) is 14.1. The highest BCUT2D eigenvalue weighted by molar-refractivity contribution is 5.92. The fraction of sp³-hybridized carbons (Fsp3) is 0.765. The zero-order valence-electron chi connectivity index (χ0n) is 14.1. The molecule has 2 N–H and O–H groups in total. The molecule has 1 aliphatic carbocycles. The molecule has 0 aromatic carbocycles. The van der Waals surface area contributed by atoms with Crippen molar-refractivity contribution < 1.29 is 4.79 Å². The molecule has 2 atom stereocenters. The fourth-order valence-corrected chi connectivity index (χ4v) is 3.20. The highest BCUT2D eigenvalue weighted by atomic mass is 16.2. The first kappa shape index (κ1) is 15.5. The number of nitrogens with one attached hydrogen (secondary N) is 2. The van der Waals surface area contributed by atoms with Crippen molar-refractivity contribution in [2.24, 2.45) is 0 Å². The Morgan fingerprint density at radius 2 is 2.09 bits per heavy atom. The Labute approximate surface area is 132 Å². The molecule has 0 spiro atoms. The lowest BCUT2D eigenvalue weighted by Crippen LogP contribution is -2.52. The Balaban J connectivity index is 1.77. The van der Waals surface area contributed by atoms with Gasteiger partial charge in [0.15, 0.2) is 0 Å². The van der Waals surface area contributed by atoms with Crippen LogP contribution in [0.3, 0.4) is 0 Å². The third-order valence-corrected chi connectivity index (χ3v) is 4.68. The van der Waals surface area contributed by atoms with Gasteiger partial charge in [-0.2, -0.15) is 5.10 Å². The van der Waals surface area contributed by atoms with Gasteiger partial charge in [-0.3, -0.25) is 9.48 Å². The molecule has 1 saturated carbocycles. The molecule has 22 heavy (non-hydrogen) atoms. The Kier molecular flexibility index (Phi) is 4.02. The average Bonchev–Trinajstić information content (AvgIpc) is 3.18. The predicted octanol–water partition coefficient (Wildman–Crippen LogP) is 2.39. The second kappa shape index (κ2) is 5.69. The Hall–Kier alpha value is -1.36. The third-order valence-electron chi connectivity index (χ3n) is 4.68. The van der Waals surface area contributed by atoms with E-state index in [2.05, 4.69) is 43.4 Å². The van der Waals surface area contributed by atoms with Gasteiger partial charge < -0.3 is 10.6 Å². The summed E-state index contributed by atoms with van der Waals surface area (Å²) in [5.41, 5.74) is 1.69. The van der Waals surface area contributed by atoms with E-state index in [1.165, 1.54) is 18.5 Å². The zero-order chi connectivity index (χ0) is 15.9. The van der Waals surface area contributed by atoms with Crippen molar-refractivity contribution in [1.29, 1.82) is 0 Å². The van der Waals surface area contributed by atoms with Crippen molar-refractivity contribution >= 4 is 5.91 Å². The molecule has 2 heterocycles. The third kappa shape index (κ3) is 3.19. The van der Waals surface area contributed by atoms with E-state index in [1.807, 2.05) is 10.7 Å². The van der Waals surface area contributed by atoms with Crippen molar-refractivity contribution in [2.45, 2.75) is 76.9 Å². The van der Waals surface area contributed by atoms with E-state index in [9.17, 15) is 4.79 Å². The van der Waals surface area contributed by atoms with Crippen molar-refractivity contribution in [2.75, 3.05) is 6.54 Å². The van der Waals surface area contributed by atoms with Crippen LogP contribution in [-0.2, 0) is 5.54 Å². The van der Waals surface area contributed by atoms with Crippen LogP contribution in [-0.4, -0.2) is 34.3 Å². The Morgan fingerprint density at radius 3 is 2.68 bits per heavy atom. The van der Waals surface area contributed by atoms with Crippen molar-refractivity contribution in [3.05, 3.63) is 17.5 Å². The number of piperidine rings is 1. The summed E-state index contributed by atoms with van der Waals surface area (Å²) in [7, 11) is 0. The molecule has 0 bridgehead atoms. The summed E-state index contributed by atoms with van der Waals surface area (Å²) in [5.74, 6) is 0.550. The molecular weight excluding hydrogens is 276 g/mol. The monoisotopic (exact) mass is 304 g/mol. The first-order chi connectivity index (χ1) is 10.4. The molecule has 2 fully saturated rings. The van der Waals surface area contributed by atoms with Crippen molar-refractivity contribution in [1.82, 2.24) is 20.4 Å². The van der Waals surface area contributed by atoms with E-state index in [0.717, 1.165) is 19.4 Å². The number of rotatable bonds is 3. The molecule has 3 rings (SSSR count). The first-order valence-electron chi connectivity index (χ1n) is 8.51. The molecule has 5 nitrogen and oxygen atoms in total. The molecule has 0 radical (unpaired) electrons. The van der Waals surface area contributed by atoms with Gasteiger partial charge in [0.1, 0.15) is 5.69 Å². The normalized spacial score (nSPS) is 26.0.